The van der Waals surface area contributed by atoms with Crippen LogP contribution in [0.3, 0.4) is 0 Å². The van der Waals surface area contributed by atoms with Gasteiger partial charge in [-0.3, -0.25) is 14.1 Å². The van der Waals surface area contributed by atoms with Gasteiger partial charge in [0.05, 0.1) is 12.3 Å². The van der Waals surface area contributed by atoms with Crippen molar-refractivity contribution in [2.75, 3.05) is 13.2 Å². The molecule has 19 heavy (non-hydrogen) atoms. The van der Waals surface area contributed by atoms with Gasteiger partial charge in [0.15, 0.2) is 4.96 Å². The lowest BCUT2D eigenvalue weighted by atomic mass is 10.2. The summed E-state index contributed by atoms with van der Waals surface area (Å²) in [4.78, 5) is 19.6. The van der Waals surface area contributed by atoms with E-state index in [0.29, 0.717) is 6.54 Å². The van der Waals surface area contributed by atoms with E-state index in [2.05, 4.69) is 9.88 Å². The molecule has 1 aliphatic heterocycles. The third-order valence-electron chi connectivity index (χ3n) is 3.70. The number of hydrogen-bond donors (Lipinski definition) is 1. The molecule has 1 unspecified atom stereocenters. The van der Waals surface area contributed by atoms with Crippen LogP contribution in [0.15, 0.2) is 16.2 Å². The van der Waals surface area contributed by atoms with E-state index in [1.807, 2.05) is 12.3 Å². The van der Waals surface area contributed by atoms with Gasteiger partial charge in [-0.25, -0.2) is 4.98 Å². The number of aliphatic hydroxyl groups excluding tert-OH is 1. The molecule has 6 heteroatoms. The summed E-state index contributed by atoms with van der Waals surface area (Å²) >= 11 is 1.49. The second-order valence-corrected chi connectivity index (χ2v) is 5.87. The highest BCUT2D eigenvalue weighted by molar-refractivity contribution is 7.15. The zero-order chi connectivity index (χ0) is 13.4. The number of fused-ring (bicyclic) bond motifs is 1. The molecular weight excluding hydrogens is 262 g/mol. The lowest BCUT2D eigenvalue weighted by Crippen LogP contribution is -2.32. The van der Waals surface area contributed by atoms with Crippen molar-refractivity contribution in [3.8, 4) is 0 Å². The third kappa shape index (κ3) is 2.31. The van der Waals surface area contributed by atoms with Gasteiger partial charge in [-0.1, -0.05) is 0 Å². The number of aliphatic hydroxyl groups is 1. The molecule has 0 amide bonds. The van der Waals surface area contributed by atoms with Crippen molar-refractivity contribution in [1.29, 1.82) is 0 Å². The molecule has 3 heterocycles. The highest BCUT2D eigenvalue weighted by Gasteiger charge is 2.24. The van der Waals surface area contributed by atoms with Gasteiger partial charge < -0.3 is 5.11 Å². The molecule has 0 aliphatic carbocycles. The Hall–Kier alpha value is -1.24. The SMILES string of the molecule is Cc1csc2nc(CN3CCCC3CO)cc(=O)n12. The highest BCUT2D eigenvalue weighted by Crippen LogP contribution is 2.19. The minimum Gasteiger partial charge on any atom is -0.395 e. The van der Waals surface area contributed by atoms with Crippen LogP contribution in [0.5, 0.6) is 0 Å². The summed E-state index contributed by atoms with van der Waals surface area (Å²) in [7, 11) is 0. The molecule has 5 nitrogen and oxygen atoms in total. The van der Waals surface area contributed by atoms with E-state index in [4.69, 9.17) is 0 Å². The predicted octanol–water partition coefficient (Wildman–Crippen LogP) is 1.02. The smallest absolute Gasteiger partial charge is 0.259 e. The van der Waals surface area contributed by atoms with Crippen LogP contribution in [0, 0.1) is 6.92 Å². The molecule has 0 saturated carbocycles. The molecule has 0 spiro atoms. The standard InChI is InChI=1S/C13H17N3O2S/c1-9-8-19-13-14-10(5-12(18)16(9)13)6-15-4-2-3-11(15)7-17/h5,8,11,17H,2-4,6-7H2,1H3. The van der Waals surface area contributed by atoms with Gasteiger partial charge in [-0.05, 0) is 26.3 Å². The summed E-state index contributed by atoms with van der Waals surface area (Å²) in [6.07, 6.45) is 2.13. The number of aromatic nitrogens is 2. The highest BCUT2D eigenvalue weighted by atomic mass is 32.1. The van der Waals surface area contributed by atoms with Crippen LogP contribution in [0.2, 0.25) is 0 Å². The van der Waals surface area contributed by atoms with Crippen molar-refractivity contribution < 1.29 is 5.11 Å². The minimum atomic E-state index is -0.0153. The first-order chi connectivity index (χ1) is 9.19. The number of likely N-dealkylation sites (tertiary alicyclic amines) is 1. The number of aryl methyl sites for hydroxylation is 1. The monoisotopic (exact) mass is 279 g/mol. The Balaban J connectivity index is 1.91. The summed E-state index contributed by atoms with van der Waals surface area (Å²) < 4.78 is 1.64. The maximum absolute atomic E-state index is 12.1. The molecule has 0 radical (unpaired) electrons. The quantitative estimate of drug-likeness (QED) is 0.911. The topological polar surface area (TPSA) is 57.8 Å². The van der Waals surface area contributed by atoms with E-state index in [9.17, 15) is 9.90 Å². The Labute approximate surface area is 115 Å². The molecule has 102 valence electrons. The fraction of sp³-hybridized carbons (Fsp3) is 0.538. The first kappa shape index (κ1) is 12.8. The van der Waals surface area contributed by atoms with Gasteiger partial charge in [-0.2, -0.15) is 0 Å². The van der Waals surface area contributed by atoms with Crippen molar-refractivity contribution in [3.05, 3.63) is 33.2 Å². The first-order valence-corrected chi connectivity index (χ1v) is 7.38. The van der Waals surface area contributed by atoms with Crippen LogP contribution < -0.4 is 5.56 Å². The summed E-state index contributed by atoms with van der Waals surface area (Å²) in [5, 5.41) is 11.3. The van der Waals surface area contributed by atoms with E-state index in [1.54, 1.807) is 10.5 Å². The maximum atomic E-state index is 12.1. The molecular formula is C13H17N3O2S. The third-order valence-corrected chi connectivity index (χ3v) is 4.65. The van der Waals surface area contributed by atoms with Crippen molar-refractivity contribution >= 4 is 16.3 Å². The van der Waals surface area contributed by atoms with Crippen LogP contribution in [-0.4, -0.2) is 38.6 Å². The Kier molecular flexibility index (Phi) is 3.38. The maximum Gasteiger partial charge on any atom is 0.259 e. The van der Waals surface area contributed by atoms with Gasteiger partial charge in [0.25, 0.3) is 5.56 Å². The Morgan fingerprint density at radius 3 is 3.21 bits per heavy atom. The summed E-state index contributed by atoms with van der Waals surface area (Å²) in [5.74, 6) is 0. The number of hydrogen-bond acceptors (Lipinski definition) is 5. The molecule has 1 aliphatic rings. The van der Waals surface area contributed by atoms with Gasteiger partial charge in [0, 0.05) is 29.7 Å². The van der Waals surface area contributed by atoms with E-state index in [1.165, 1.54) is 11.3 Å². The molecule has 3 rings (SSSR count). The largest absolute Gasteiger partial charge is 0.395 e. The molecule has 0 bridgehead atoms. The summed E-state index contributed by atoms with van der Waals surface area (Å²) in [5.41, 5.74) is 1.71. The average molecular weight is 279 g/mol. The van der Waals surface area contributed by atoms with Crippen LogP contribution in [0.1, 0.15) is 24.2 Å². The fourth-order valence-electron chi connectivity index (χ4n) is 2.70. The normalized spacial score (nSPS) is 20.4. The van der Waals surface area contributed by atoms with Crippen LogP contribution >= 0.6 is 11.3 Å². The van der Waals surface area contributed by atoms with Gasteiger partial charge >= 0.3 is 0 Å². The average Bonchev–Trinajstić information content (AvgIpc) is 2.96. The van der Waals surface area contributed by atoms with Gasteiger partial charge in [-0.15, -0.1) is 11.3 Å². The van der Waals surface area contributed by atoms with E-state index in [-0.39, 0.29) is 18.2 Å². The second-order valence-electron chi connectivity index (χ2n) is 5.03. The fourth-order valence-corrected chi connectivity index (χ4v) is 3.59. The summed E-state index contributed by atoms with van der Waals surface area (Å²) in [6, 6.07) is 1.82. The van der Waals surface area contributed by atoms with Crippen molar-refractivity contribution in [2.45, 2.75) is 32.4 Å². The number of thiazole rings is 1. The number of nitrogens with zero attached hydrogens (tertiary/aromatic N) is 3. The molecule has 1 fully saturated rings. The van der Waals surface area contributed by atoms with Gasteiger partial charge in [0.1, 0.15) is 0 Å². The minimum absolute atomic E-state index is 0.0153. The molecule has 2 aromatic heterocycles. The van der Waals surface area contributed by atoms with Crippen LogP contribution in [0.4, 0.5) is 0 Å². The van der Waals surface area contributed by atoms with Crippen molar-refractivity contribution in [2.24, 2.45) is 0 Å². The Bertz CT molecular complexity index is 649. The van der Waals surface area contributed by atoms with Crippen molar-refractivity contribution in [1.82, 2.24) is 14.3 Å². The lowest BCUT2D eigenvalue weighted by molar-refractivity contribution is 0.152. The Morgan fingerprint density at radius 2 is 2.42 bits per heavy atom. The molecule has 0 aromatic carbocycles. The zero-order valence-electron chi connectivity index (χ0n) is 10.9. The second kappa shape index (κ2) is 5.03. The lowest BCUT2D eigenvalue weighted by Gasteiger charge is -2.21. The van der Waals surface area contributed by atoms with Crippen LogP contribution in [-0.2, 0) is 6.54 Å². The molecule has 1 saturated heterocycles. The molecule has 1 atom stereocenters. The van der Waals surface area contributed by atoms with E-state index in [0.717, 1.165) is 35.7 Å². The predicted molar refractivity (Wildman–Crippen MR) is 74.6 cm³/mol. The molecule has 2 aromatic rings. The van der Waals surface area contributed by atoms with E-state index >= 15 is 0 Å². The Morgan fingerprint density at radius 1 is 1.58 bits per heavy atom. The van der Waals surface area contributed by atoms with Gasteiger partial charge in [0.2, 0.25) is 0 Å². The molecule has 1 N–H and O–H groups in total. The summed E-state index contributed by atoms with van der Waals surface area (Å²) in [6.45, 7) is 3.71. The van der Waals surface area contributed by atoms with Crippen LogP contribution in [0.25, 0.3) is 4.96 Å². The van der Waals surface area contributed by atoms with E-state index < -0.39 is 0 Å². The number of rotatable bonds is 3. The first-order valence-electron chi connectivity index (χ1n) is 6.50. The van der Waals surface area contributed by atoms with Crippen molar-refractivity contribution in [3.63, 3.8) is 0 Å². The zero-order valence-corrected chi connectivity index (χ0v) is 11.7.